The summed E-state index contributed by atoms with van der Waals surface area (Å²) in [5, 5.41) is 0. The Morgan fingerprint density at radius 1 is 0.964 bits per heavy atom. The lowest BCUT2D eigenvalue weighted by atomic mass is 9.96. The van der Waals surface area contributed by atoms with Gasteiger partial charge in [0.05, 0.1) is 20.0 Å². The van der Waals surface area contributed by atoms with Crippen molar-refractivity contribution in [3.8, 4) is 5.75 Å². The molecule has 0 bridgehead atoms. The van der Waals surface area contributed by atoms with Gasteiger partial charge in [0.1, 0.15) is 12.4 Å². The Morgan fingerprint density at radius 2 is 1.71 bits per heavy atom. The van der Waals surface area contributed by atoms with Crippen LogP contribution in [0.25, 0.3) is 5.57 Å². The molecule has 0 heterocycles. The number of benzene rings is 2. The SMILES string of the molecule is C=C(COC)/C(=C/OC)c1ccccc1COc1ccc(CCCOC)cc1. The summed E-state index contributed by atoms with van der Waals surface area (Å²) in [5.41, 5.74) is 5.15. The predicted octanol–water partition coefficient (Wildman–Crippen LogP) is 5.03. The molecule has 0 spiro atoms. The maximum atomic E-state index is 6.03. The average Bonchev–Trinajstić information content (AvgIpc) is 2.72. The van der Waals surface area contributed by atoms with E-state index in [-0.39, 0.29) is 0 Å². The number of rotatable bonds is 12. The molecular weight excluding hydrogens is 352 g/mol. The highest BCUT2D eigenvalue weighted by Crippen LogP contribution is 2.27. The summed E-state index contributed by atoms with van der Waals surface area (Å²) in [5.74, 6) is 0.846. The highest BCUT2D eigenvalue weighted by atomic mass is 16.5. The first-order chi connectivity index (χ1) is 13.7. The van der Waals surface area contributed by atoms with Crippen molar-refractivity contribution in [1.82, 2.24) is 0 Å². The Hall–Kier alpha value is -2.56. The van der Waals surface area contributed by atoms with Gasteiger partial charge in [0.2, 0.25) is 0 Å². The molecule has 2 rings (SSSR count). The molecule has 28 heavy (non-hydrogen) atoms. The largest absolute Gasteiger partial charge is 0.504 e. The second-order valence-corrected chi connectivity index (χ2v) is 6.49. The molecule has 0 saturated carbocycles. The minimum Gasteiger partial charge on any atom is -0.504 e. The number of aryl methyl sites for hydroxylation is 1. The molecule has 0 N–H and O–H groups in total. The van der Waals surface area contributed by atoms with Gasteiger partial charge in [-0.15, -0.1) is 0 Å². The van der Waals surface area contributed by atoms with E-state index in [4.69, 9.17) is 18.9 Å². The van der Waals surface area contributed by atoms with Gasteiger partial charge in [0.15, 0.2) is 0 Å². The molecule has 0 radical (unpaired) electrons. The van der Waals surface area contributed by atoms with Crippen molar-refractivity contribution in [2.24, 2.45) is 0 Å². The van der Waals surface area contributed by atoms with Crippen LogP contribution >= 0.6 is 0 Å². The molecule has 150 valence electrons. The third-order valence-corrected chi connectivity index (χ3v) is 4.37. The molecule has 4 heteroatoms. The first-order valence-electron chi connectivity index (χ1n) is 9.38. The van der Waals surface area contributed by atoms with Gasteiger partial charge < -0.3 is 18.9 Å². The molecule has 0 aromatic heterocycles. The van der Waals surface area contributed by atoms with Gasteiger partial charge in [-0.25, -0.2) is 0 Å². The summed E-state index contributed by atoms with van der Waals surface area (Å²) in [6, 6.07) is 16.3. The summed E-state index contributed by atoms with van der Waals surface area (Å²) >= 11 is 0. The summed E-state index contributed by atoms with van der Waals surface area (Å²) < 4.78 is 21.6. The zero-order valence-corrected chi connectivity index (χ0v) is 17.1. The molecule has 0 saturated heterocycles. The Morgan fingerprint density at radius 3 is 2.39 bits per heavy atom. The van der Waals surface area contributed by atoms with Crippen LogP contribution in [0.1, 0.15) is 23.1 Å². The van der Waals surface area contributed by atoms with Gasteiger partial charge in [-0.05, 0) is 47.2 Å². The lowest BCUT2D eigenvalue weighted by Gasteiger charge is -2.15. The fraction of sp³-hybridized carbons (Fsp3) is 0.333. The first kappa shape index (κ1) is 21.7. The topological polar surface area (TPSA) is 36.9 Å². The second kappa shape index (κ2) is 12.0. The molecule has 0 unspecified atom stereocenters. The average molecular weight is 383 g/mol. The number of hydrogen-bond acceptors (Lipinski definition) is 4. The fourth-order valence-corrected chi connectivity index (χ4v) is 2.95. The monoisotopic (exact) mass is 382 g/mol. The summed E-state index contributed by atoms with van der Waals surface area (Å²) in [7, 11) is 5.02. The molecule has 0 amide bonds. The predicted molar refractivity (Wildman–Crippen MR) is 113 cm³/mol. The van der Waals surface area contributed by atoms with E-state index in [1.807, 2.05) is 30.3 Å². The number of methoxy groups -OCH3 is 3. The third kappa shape index (κ3) is 6.55. The summed E-state index contributed by atoms with van der Waals surface area (Å²) in [6.07, 6.45) is 3.72. The summed E-state index contributed by atoms with van der Waals surface area (Å²) in [6.45, 7) is 5.79. The van der Waals surface area contributed by atoms with Crippen LogP contribution < -0.4 is 4.74 Å². The van der Waals surface area contributed by atoms with Crippen molar-refractivity contribution >= 4 is 5.57 Å². The standard InChI is InChI=1S/C24H30O4/c1-19(16-26-3)24(18-27-4)23-10-6-5-9-21(23)17-28-22-13-11-20(12-14-22)8-7-15-25-2/h5-6,9-14,18H,1,7-8,15-17H2,2-4H3/b24-18-. The second-order valence-electron chi connectivity index (χ2n) is 6.49. The lowest BCUT2D eigenvalue weighted by Crippen LogP contribution is -2.04. The zero-order valence-electron chi connectivity index (χ0n) is 17.1. The lowest BCUT2D eigenvalue weighted by molar-refractivity contribution is 0.195. The molecule has 0 aliphatic rings. The maximum absolute atomic E-state index is 6.03. The van der Waals surface area contributed by atoms with Crippen LogP contribution in [0.4, 0.5) is 0 Å². The minimum absolute atomic E-state index is 0.439. The van der Waals surface area contributed by atoms with Gasteiger partial charge in [-0.1, -0.05) is 43.0 Å². The normalized spacial score (nSPS) is 11.3. The molecule has 0 fully saturated rings. The van der Waals surface area contributed by atoms with Crippen LogP contribution in [0, 0.1) is 0 Å². The van der Waals surface area contributed by atoms with E-state index in [2.05, 4.69) is 24.8 Å². The molecule has 0 aliphatic heterocycles. The van der Waals surface area contributed by atoms with E-state index in [0.717, 1.165) is 47.5 Å². The van der Waals surface area contributed by atoms with Crippen LogP contribution in [0.2, 0.25) is 0 Å². The molecule has 2 aromatic rings. The molecular formula is C24H30O4. The van der Waals surface area contributed by atoms with E-state index in [0.29, 0.717) is 13.2 Å². The van der Waals surface area contributed by atoms with Crippen molar-refractivity contribution < 1.29 is 18.9 Å². The highest BCUT2D eigenvalue weighted by molar-refractivity contribution is 5.79. The van der Waals surface area contributed by atoms with E-state index in [1.54, 1.807) is 27.6 Å². The third-order valence-electron chi connectivity index (χ3n) is 4.37. The zero-order chi connectivity index (χ0) is 20.2. The quantitative estimate of drug-likeness (QED) is 0.293. The van der Waals surface area contributed by atoms with E-state index >= 15 is 0 Å². The van der Waals surface area contributed by atoms with Crippen LogP contribution in [0.5, 0.6) is 5.75 Å². The van der Waals surface area contributed by atoms with Crippen LogP contribution in [0.15, 0.2) is 66.9 Å². The Kier molecular flexibility index (Phi) is 9.32. The van der Waals surface area contributed by atoms with Crippen molar-refractivity contribution in [3.63, 3.8) is 0 Å². The molecule has 0 atom stereocenters. The van der Waals surface area contributed by atoms with Crippen molar-refractivity contribution in [3.05, 3.63) is 83.6 Å². The molecule has 2 aromatic carbocycles. The van der Waals surface area contributed by atoms with E-state index in [1.165, 1.54) is 5.56 Å². The van der Waals surface area contributed by atoms with Crippen molar-refractivity contribution in [2.45, 2.75) is 19.4 Å². The number of ether oxygens (including phenoxy) is 4. The Labute approximate surface area is 168 Å². The Bertz CT molecular complexity index is 762. The van der Waals surface area contributed by atoms with Crippen molar-refractivity contribution in [1.29, 1.82) is 0 Å². The molecule has 4 nitrogen and oxygen atoms in total. The van der Waals surface area contributed by atoms with Crippen LogP contribution in [0.3, 0.4) is 0 Å². The van der Waals surface area contributed by atoms with Gasteiger partial charge in [-0.2, -0.15) is 0 Å². The summed E-state index contributed by atoms with van der Waals surface area (Å²) in [4.78, 5) is 0. The Balaban J connectivity index is 2.08. The van der Waals surface area contributed by atoms with E-state index in [9.17, 15) is 0 Å². The van der Waals surface area contributed by atoms with Crippen molar-refractivity contribution in [2.75, 3.05) is 34.5 Å². The molecule has 0 aliphatic carbocycles. The van der Waals surface area contributed by atoms with Crippen LogP contribution in [-0.2, 0) is 27.2 Å². The van der Waals surface area contributed by atoms with Gasteiger partial charge in [0, 0.05) is 26.4 Å². The minimum atomic E-state index is 0.439. The van der Waals surface area contributed by atoms with E-state index < -0.39 is 0 Å². The van der Waals surface area contributed by atoms with Gasteiger partial charge in [-0.3, -0.25) is 0 Å². The van der Waals surface area contributed by atoms with Gasteiger partial charge >= 0.3 is 0 Å². The maximum Gasteiger partial charge on any atom is 0.119 e. The highest BCUT2D eigenvalue weighted by Gasteiger charge is 2.12. The fourth-order valence-electron chi connectivity index (χ4n) is 2.95. The smallest absolute Gasteiger partial charge is 0.119 e. The first-order valence-corrected chi connectivity index (χ1v) is 9.38. The van der Waals surface area contributed by atoms with Gasteiger partial charge in [0.25, 0.3) is 0 Å². The van der Waals surface area contributed by atoms with Crippen LogP contribution in [-0.4, -0.2) is 34.5 Å². The number of hydrogen-bond donors (Lipinski definition) is 0.